The van der Waals surface area contributed by atoms with Crippen molar-refractivity contribution in [2.24, 2.45) is 0 Å². The van der Waals surface area contributed by atoms with E-state index in [1.807, 2.05) is 36.9 Å². The van der Waals surface area contributed by atoms with Gasteiger partial charge in [0.25, 0.3) is 5.91 Å². The molecular formula is C20H26N2O3. The number of hydrogen-bond donors (Lipinski definition) is 1. The Balaban J connectivity index is 1.55. The summed E-state index contributed by atoms with van der Waals surface area (Å²) in [6.07, 6.45) is 5.72. The fourth-order valence-corrected chi connectivity index (χ4v) is 4.43. The van der Waals surface area contributed by atoms with E-state index < -0.39 is 5.41 Å². The lowest BCUT2D eigenvalue weighted by Gasteiger charge is -2.45. The molecule has 1 aromatic carbocycles. The van der Waals surface area contributed by atoms with Gasteiger partial charge in [-0.2, -0.15) is 0 Å². The number of carbonyl (C=O) groups excluding carboxylic acids is 2. The van der Waals surface area contributed by atoms with Crippen molar-refractivity contribution in [3.8, 4) is 0 Å². The van der Waals surface area contributed by atoms with E-state index in [0.29, 0.717) is 25.3 Å². The number of anilines is 1. The number of ether oxygens (including phenoxy) is 1. The first-order chi connectivity index (χ1) is 11.9. The van der Waals surface area contributed by atoms with Crippen LogP contribution in [0.3, 0.4) is 0 Å². The molecule has 1 N–H and O–H groups in total. The van der Waals surface area contributed by atoms with Crippen molar-refractivity contribution in [3.63, 3.8) is 0 Å². The standard InChI is InChI=1S/C20H26N2O3/c1-19(2)15-7-6-14(12-16(15)21-18(19)24)17(23)22-10-11-25-20(13-22)8-4-3-5-9-20/h6-7,12H,3-5,8-11,13H2,1-2H3,(H,21,24). The van der Waals surface area contributed by atoms with Crippen LogP contribution < -0.4 is 5.32 Å². The summed E-state index contributed by atoms with van der Waals surface area (Å²) in [6.45, 7) is 5.74. The zero-order valence-corrected chi connectivity index (χ0v) is 15.1. The predicted octanol–water partition coefficient (Wildman–Crippen LogP) is 3.09. The van der Waals surface area contributed by atoms with Crippen LogP contribution in [0.5, 0.6) is 0 Å². The Hall–Kier alpha value is -1.88. The van der Waals surface area contributed by atoms with Crippen LogP contribution in [0.4, 0.5) is 5.69 Å². The molecule has 1 saturated heterocycles. The number of amides is 2. The molecule has 5 heteroatoms. The van der Waals surface area contributed by atoms with Crippen LogP contribution in [-0.2, 0) is 14.9 Å². The zero-order chi connectivity index (χ0) is 17.7. The molecule has 2 aliphatic heterocycles. The highest BCUT2D eigenvalue weighted by Gasteiger charge is 2.41. The molecule has 1 spiro atoms. The van der Waals surface area contributed by atoms with Crippen molar-refractivity contribution in [1.82, 2.24) is 4.90 Å². The number of morpholine rings is 1. The van der Waals surface area contributed by atoms with Gasteiger partial charge in [-0.3, -0.25) is 9.59 Å². The lowest BCUT2D eigenvalue weighted by atomic mass is 9.83. The molecule has 0 radical (unpaired) electrons. The number of carbonyl (C=O) groups is 2. The summed E-state index contributed by atoms with van der Waals surface area (Å²) < 4.78 is 6.09. The van der Waals surface area contributed by atoms with Gasteiger partial charge in [0, 0.05) is 17.8 Å². The topological polar surface area (TPSA) is 58.6 Å². The van der Waals surface area contributed by atoms with Gasteiger partial charge in [-0.15, -0.1) is 0 Å². The maximum absolute atomic E-state index is 13.0. The predicted molar refractivity (Wildman–Crippen MR) is 95.8 cm³/mol. The Morgan fingerprint density at radius 1 is 1.20 bits per heavy atom. The van der Waals surface area contributed by atoms with Gasteiger partial charge < -0.3 is 15.0 Å². The minimum Gasteiger partial charge on any atom is -0.371 e. The van der Waals surface area contributed by atoms with Crippen LogP contribution in [0.15, 0.2) is 18.2 Å². The Morgan fingerprint density at radius 3 is 2.72 bits per heavy atom. The molecule has 0 aromatic heterocycles. The Bertz CT molecular complexity index is 714. The van der Waals surface area contributed by atoms with Crippen molar-refractivity contribution in [1.29, 1.82) is 0 Å². The summed E-state index contributed by atoms with van der Waals surface area (Å²) in [5.74, 6) is 0.0228. The number of hydrogen-bond acceptors (Lipinski definition) is 3. The van der Waals surface area contributed by atoms with E-state index >= 15 is 0 Å². The van der Waals surface area contributed by atoms with E-state index in [1.165, 1.54) is 19.3 Å². The molecule has 0 atom stereocenters. The zero-order valence-electron chi connectivity index (χ0n) is 15.1. The van der Waals surface area contributed by atoms with Crippen LogP contribution in [0, 0.1) is 0 Å². The summed E-state index contributed by atoms with van der Waals surface area (Å²) in [7, 11) is 0. The molecule has 5 nitrogen and oxygen atoms in total. The van der Waals surface area contributed by atoms with Crippen molar-refractivity contribution in [2.45, 2.75) is 57.0 Å². The van der Waals surface area contributed by atoms with E-state index in [9.17, 15) is 9.59 Å². The monoisotopic (exact) mass is 342 g/mol. The van der Waals surface area contributed by atoms with Gasteiger partial charge in [0.2, 0.25) is 5.91 Å². The number of benzene rings is 1. The first-order valence-electron chi connectivity index (χ1n) is 9.31. The molecule has 1 aliphatic carbocycles. The van der Waals surface area contributed by atoms with Crippen LogP contribution in [0.1, 0.15) is 61.9 Å². The van der Waals surface area contributed by atoms with Crippen LogP contribution in [0.2, 0.25) is 0 Å². The minimum absolute atomic E-state index is 0.0142. The van der Waals surface area contributed by atoms with Crippen molar-refractivity contribution < 1.29 is 14.3 Å². The average molecular weight is 342 g/mol. The van der Waals surface area contributed by atoms with E-state index in [0.717, 1.165) is 24.1 Å². The molecule has 3 aliphatic rings. The highest BCUT2D eigenvalue weighted by Crippen LogP contribution is 2.38. The largest absolute Gasteiger partial charge is 0.371 e. The number of nitrogens with zero attached hydrogens (tertiary/aromatic N) is 1. The molecule has 0 unspecified atom stereocenters. The molecule has 134 valence electrons. The van der Waals surface area contributed by atoms with Crippen LogP contribution in [-0.4, -0.2) is 42.0 Å². The Labute approximate surface area is 148 Å². The van der Waals surface area contributed by atoms with E-state index in [2.05, 4.69) is 5.32 Å². The van der Waals surface area contributed by atoms with Gasteiger partial charge in [0.1, 0.15) is 0 Å². The number of rotatable bonds is 1. The second-order valence-corrected chi connectivity index (χ2v) is 8.16. The Morgan fingerprint density at radius 2 is 1.96 bits per heavy atom. The molecule has 4 rings (SSSR count). The second-order valence-electron chi connectivity index (χ2n) is 8.16. The van der Waals surface area contributed by atoms with E-state index in [4.69, 9.17) is 4.74 Å². The maximum atomic E-state index is 13.0. The molecule has 1 aromatic rings. The van der Waals surface area contributed by atoms with Gasteiger partial charge in [0.15, 0.2) is 0 Å². The van der Waals surface area contributed by atoms with Crippen LogP contribution >= 0.6 is 0 Å². The molecule has 25 heavy (non-hydrogen) atoms. The summed E-state index contributed by atoms with van der Waals surface area (Å²) in [4.78, 5) is 27.1. The van der Waals surface area contributed by atoms with Gasteiger partial charge in [-0.25, -0.2) is 0 Å². The van der Waals surface area contributed by atoms with Gasteiger partial charge in [0.05, 0.1) is 24.2 Å². The normalized spacial score (nSPS) is 24.1. The Kier molecular flexibility index (Phi) is 3.87. The molecular weight excluding hydrogens is 316 g/mol. The molecule has 0 bridgehead atoms. The fraction of sp³-hybridized carbons (Fsp3) is 0.600. The highest BCUT2D eigenvalue weighted by molar-refractivity contribution is 6.07. The smallest absolute Gasteiger partial charge is 0.254 e. The third-order valence-electron chi connectivity index (χ3n) is 6.06. The maximum Gasteiger partial charge on any atom is 0.254 e. The number of nitrogens with one attached hydrogen (secondary N) is 1. The van der Waals surface area contributed by atoms with Crippen molar-refractivity contribution in [3.05, 3.63) is 29.3 Å². The summed E-state index contributed by atoms with van der Waals surface area (Å²) in [5, 5.41) is 2.91. The lowest BCUT2D eigenvalue weighted by Crippen LogP contribution is -2.54. The first kappa shape index (κ1) is 16.6. The van der Waals surface area contributed by atoms with Crippen molar-refractivity contribution in [2.75, 3.05) is 25.0 Å². The highest BCUT2D eigenvalue weighted by atomic mass is 16.5. The van der Waals surface area contributed by atoms with Crippen LogP contribution in [0.25, 0.3) is 0 Å². The van der Waals surface area contributed by atoms with Gasteiger partial charge >= 0.3 is 0 Å². The first-order valence-corrected chi connectivity index (χ1v) is 9.31. The van der Waals surface area contributed by atoms with E-state index in [1.54, 1.807) is 0 Å². The fourth-order valence-electron chi connectivity index (χ4n) is 4.43. The lowest BCUT2D eigenvalue weighted by molar-refractivity contribution is -0.119. The summed E-state index contributed by atoms with van der Waals surface area (Å²) in [6, 6.07) is 5.59. The van der Waals surface area contributed by atoms with Gasteiger partial charge in [-0.1, -0.05) is 25.3 Å². The third kappa shape index (κ3) is 2.74. The summed E-state index contributed by atoms with van der Waals surface area (Å²) >= 11 is 0. The van der Waals surface area contributed by atoms with E-state index in [-0.39, 0.29) is 17.4 Å². The molecule has 2 amide bonds. The van der Waals surface area contributed by atoms with Crippen molar-refractivity contribution >= 4 is 17.5 Å². The number of fused-ring (bicyclic) bond motifs is 1. The minimum atomic E-state index is -0.540. The second kappa shape index (κ2) is 5.84. The SMILES string of the molecule is CC1(C)C(=O)Nc2cc(C(=O)N3CCOC4(CCCCC4)C3)ccc21. The van der Waals surface area contributed by atoms with Gasteiger partial charge in [-0.05, 0) is 44.4 Å². The molecule has 2 fully saturated rings. The third-order valence-corrected chi connectivity index (χ3v) is 6.06. The molecule has 1 saturated carbocycles. The average Bonchev–Trinajstić information content (AvgIpc) is 2.83. The summed E-state index contributed by atoms with van der Waals surface area (Å²) in [5.41, 5.74) is 1.69. The molecule has 2 heterocycles. The quantitative estimate of drug-likeness (QED) is 0.853.